The lowest BCUT2D eigenvalue weighted by Crippen LogP contribution is -2.22. The molecule has 1 rings (SSSR count). The van der Waals surface area contributed by atoms with Gasteiger partial charge in [-0.05, 0) is 25.8 Å². The zero-order valence-electron chi connectivity index (χ0n) is 10.2. The molecule has 1 N–H and O–H groups in total. The summed E-state index contributed by atoms with van der Waals surface area (Å²) in [5.41, 5.74) is 1.70. The largest absolute Gasteiger partial charge is 0.382 e. The van der Waals surface area contributed by atoms with Gasteiger partial charge in [0.15, 0.2) is 0 Å². The first kappa shape index (κ1) is 12.5. The van der Waals surface area contributed by atoms with Crippen LogP contribution < -0.4 is 5.32 Å². The van der Waals surface area contributed by atoms with E-state index in [-0.39, 0.29) is 10.6 Å². The number of hydrogen-bond acceptors (Lipinski definition) is 3. The fourth-order valence-electron chi connectivity index (χ4n) is 1.39. The summed E-state index contributed by atoms with van der Waals surface area (Å²) in [6.45, 7) is 8.07. The van der Waals surface area contributed by atoms with Gasteiger partial charge in [-0.25, -0.2) is 0 Å². The Bertz CT molecular complexity index is 389. The summed E-state index contributed by atoms with van der Waals surface area (Å²) in [4.78, 5) is 10.4. The Labute approximate surface area is 95.8 Å². The molecule has 0 saturated heterocycles. The number of rotatable bonds is 4. The van der Waals surface area contributed by atoms with Crippen molar-refractivity contribution in [3.63, 3.8) is 0 Å². The van der Waals surface area contributed by atoms with E-state index in [2.05, 4.69) is 26.1 Å². The first-order valence-corrected chi connectivity index (χ1v) is 5.44. The number of nitro groups is 1. The summed E-state index contributed by atoms with van der Waals surface area (Å²) in [5.74, 6) is 0.485. The molecular formula is C12H18N2O2. The number of nitrogens with zero attached hydrogens (tertiary/aromatic N) is 1. The number of nitrogens with one attached hydrogen (secondary N) is 1. The van der Waals surface area contributed by atoms with Gasteiger partial charge >= 0.3 is 0 Å². The average Bonchev–Trinajstić information content (AvgIpc) is 2.20. The van der Waals surface area contributed by atoms with Crippen molar-refractivity contribution in [2.24, 2.45) is 5.92 Å². The van der Waals surface area contributed by atoms with Gasteiger partial charge in [0.25, 0.3) is 5.69 Å². The highest BCUT2D eigenvalue weighted by Crippen LogP contribution is 2.26. The molecule has 0 spiro atoms. The van der Waals surface area contributed by atoms with Gasteiger partial charge in [-0.1, -0.05) is 19.9 Å². The number of anilines is 1. The van der Waals surface area contributed by atoms with Crippen LogP contribution >= 0.6 is 0 Å². The van der Waals surface area contributed by atoms with E-state index in [0.717, 1.165) is 5.69 Å². The molecule has 0 aliphatic rings. The Kier molecular flexibility index (Phi) is 3.88. The maximum absolute atomic E-state index is 10.8. The highest BCUT2D eigenvalue weighted by molar-refractivity contribution is 5.60. The van der Waals surface area contributed by atoms with E-state index in [1.54, 1.807) is 13.0 Å². The summed E-state index contributed by atoms with van der Waals surface area (Å²) in [6, 6.07) is 5.41. The van der Waals surface area contributed by atoms with Crippen molar-refractivity contribution in [1.29, 1.82) is 0 Å². The molecular weight excluding hydrogens is 204 g/mol. The van der Waals surface area contributed by atoms with Gasteiger partial charge in [0.2, 0.25) is 0 Å². The summed E-state index contributed by atoms with van der Waals surface area (Å²) in [5, 5.41) is 14.1. The van der Waals surface area contributed by atoms with Crippen molar-refractivity contribution in [3.05, 3.63) is 33.9 Å². The van der Waals surface area contributed by atoms with Gasteiger partial charge in [0.05, 0.1) is 4.92 Å². The van der Waals surface area contributed by atoms with Crippen LogP contribution in [0.25, 0.3) is 0 Å². The molecule has 0 aromatic heterocycles. The second kappa shape index (κ2) is 4.96. The van der Waals surface area contributed by atoms with Crippen molar-refractivity contribution in [1.82, 2.24) is 0 Å². The summed E-state index contributed by atoms with van der Waals surface area (Å²) >= 11 is 0. The molecule has 0 radical (unpaired) electrons. The zero-order valence-corrected chi connectivity index (χ0v) is 10.2. The van der Waals surface area contributed by atoms with Crippen LogP contribution in [0.2, 0.25) is 0 Å². The van der Waals surface area contributed by atoms with Crippen molar-refractivity contribution < 1.29 is 4.92 Å². The molecule has 16 heavy (non-hydrogen) atoms. The SMILES string of the molecule is Cc1c(NC(C)C(C)C)cccc1[N+](=O)[O-]. The highest BCUT2D eigenvalue weighted by Gasteiger charge is 2.15. The Hall–Kier alpha value is -1.58. The van der Waals surface area contributed by atoms with Crippen molar-refractivity contribution >= 4 is 11.4 Å². The zero-order chi connectivity index (χ0) is 12.3. The molecule has 1 aromatic rings. The van der Waals surface area contributed by atoms with Gasteiger partial charge in [-0.2, -0.15) is 0 Å². The van der Waals surface area contributed by atoms with Crippen LogP contribution in [-0.2, 0) is 0 Å². The van der Waals surface area contributed by atoms with Gasteiger partial charge < -0.3 is 5.32 Å². The first-order chi connectivity index (χ1) is 7.43. The molecule has 0 heterocycles. The lowest BCUT2D eigenvalue weighted by molar-refractivity contribution is -0.385. The van der Waals surface area contributed by atoms with Crippen LogP contribution in [0, 0.1) is 23.0 Å². The van der Waals surface area contributed by atoms with E-state index in [4.69, 9.17) is 0 Å². The highest BCUT2D eigenvalue weighted by atomic mass is 16.6. The summed E-state index contributed by atoms with van der Waals surface area (Å²) in [7, 11) is 0. The summed E-state index contributed by atoms with van der Waals surface area (Å²) < 4.78 is 0. The van der Waals surface area contributed by atoms with Gasteiger partial charge in [-0.15, -0.1) is 0 Å². The third kappa shape index (κ3) is 2.72. The van der Waals surface area contributed by atoms with Gasteiger partial charge in [-0.3, -0.25) is 10.1 Å². The first-order valence-electron chi connectivity index (χ1n) is 5.44. The van der Waals surface area contributed by atoms with Gasteiger partial charge in [0.1, 0.15) is 0 Å². The molecule has 4 heteroatoms. The Morgan fingerprint density at radius 1 is 1.31 bits per heavy atom. The van der Waals surface area contributed by atoms with Crippen LogP contribution in [-0.4, -0.2) is 11.0 Å². The third-order valence-corrected chi connectivity index (χ3v) is 2.89. The molecule has 88 valence electrons. The number of hydrogen-bond donors (Lipinski definition) is 1. The molecule has 1 aromatic carbocycles. The molecule has 0 amide bonds. The summed E-state index contributed by atoms with van der Waals surface area (Å²) in [6.07, 6.45) is 0. The van der Waals surface area contributed by atoms with E-state index >= 15 is 0 Å². The molecule has 0 aliphatic heterocycles. The fraction of sp³-hybridized carbons (Fsp3) is 0.500. The monoisotopic (exact) mass is 222 g/mol. The molecule has 0 aliphatic carbocycles. The van der Waals surface area contributed by atoms with E-state index in [1.807, 2.05) is 6.07 Å². The molecule has 0 saturated carbocycles. The maximum Gasteiger partial charge on any atom is 0.274 e. The lowest BCUT2D eigenvalue weighted by Gasteiger charge is -2.20. The normalized spacial score (nSPS) is 12.6. The predicted octanol–water partition coefficient (Wildman–Crippen LogP) is 3.36. The number of benzene rings is 1. The Morgan fingerprint density at radius 2 is 1.94 bits per heavy atom. The third-order valence-electron chi connectivity index (χ3n) is 2.89. The van der Waals surface area contributed by atoms with Crippen LogP contribution in [0.1, 0.15) is 26.3 Å². The maximum atomic E-state index is 10.8. The van der Waals surface area contributed by atoms with Crippen LogP contribution in [0.3, 0.4) is 0 Å². The predicted molar refractivity (Wildman–Crippen MR) is 65.8 cm³/mol. The van der Waals surface area contributed by atoms with Crippen molar-refractivity contribution in [2.75, 3.05) is 5.32 Å². The fourth-order valence-corrected chi connectivity index (χ4v) is 1.39. The van der Waals surface area contributed by atoms with Crippen LogP contribution in [0.5, 0.6) is 0 Å². The minimum absolute atomic E-state index is 0.168. The average molecular weight is 222 g/mol. The second-order valence-electron chi connectivity index (χ2n) is 4.38. The molecule has 0 bridgehead atoms. The smallest absolute Gasteiger partial charge is 0.274 e. The lowest BCUT2D eigenvalue weighted by atomic mass is 10.0. The molecule has 4 nitrogen and oxygen atoms in total. The van der Waals surface area contributed by atoms with Crippen LogP contribution in [0.15, 0.2) is 18.2 Å². The molecule has 1 unspecified atom stereocenters. The minimum Gasteiger partial charge on any atom is -0.382 e. The van der Waals surface area contributed by atoms with E-state index < -0.39 is 0 Å². The Morgan fingerprint density at radius 3 is 2.44 bits per heavy atom. The van der Waals surface area contributed by atoms with Crippen LogP contribution in [0.4, 0.5) is 11.4 Å². The van der Waals surface area contributed by atoms with E-state index in [9.17, 15) is 10.1 Å². The topological polar surface area (TPSA) is 55.2 Å². The van der Waals surface area contributed by atoms with E-state index in [0.29, 0.717) is 17.5 Å². The quantitative estimate of drug-likeness (QED) is 0.627. The molecule has 0 fully saturated rings. The standard InChI is InChI=1S/C12H18N2O2/c1-8(2)10(4)13-11-6-5-7-12(9(11)3)14(15)16/h5-8,10,13H,1-4H3. The van der Waals surface area contributed by atoms with Crippen molar-refractivity contribution in [3.8, 4) is 0 Å². The van der Waals surface area contributed by atoms with Gasteiger partial charge in [0, 0.05) is 23.4 Å². The second-order valence-corrected chi connectivity index (χ2v) is 4.38. The van der Waals surface area contributed by atoms with E-state index in [1.165, 1.54) is 6.07 Å². The minimum atomic E-state index is -0.347. The Balaban J connectivity index is 2.98. The van der Waals surface area contributed by atoms with Crippen molar-refractivity contribution in [2.45, 2.75) is 33.7 Å². The molecule has 1 atom stereocenters. The number of nitro benzene ring substituents is 1.